The highest BCUT2D eigenvalue weighted by Crippen LogP contribution is 2.48. The monoisotopic (exact) mass is 240 g/mol. The molecule has 0 saturated heterocycles. The molecule has 0 fully saturated rings. The van der Waals surface area contributed by atoms with E-state index in [-0.39, 0.29) is 0 Å². The highest BCUT2D eigenvalue weighted by atomic mass is 14.4. The van der Waals surface area contributed by atoms with Crippen molar-refractivity contribution in [3.63, 3.8) is 0 Å². The number of hydrogen-bond acceptors (Lipinski definition) is 0. The Hall–Kier alpha value is 0. The minimum Gasteiger partial charge on any atom is -0.0628 e. The average molecular weight is 240 g/mol. The van der Waals surface area contributed by atoms with Crippen LogP contribution in [-0.4, -0.2) is 0 Å². The van der Waals surface area contributed by atoms with Crippen LogP contribution in [0.5, 0.6) is 0 Å². The van der Waals surface area contributed by atoms with Crippen LogP contribution >= 0.6 is 0 Å². The molecule has 0 heterocycles. The van der Waals surface area contributed by atoms with E-state index in [1.165, 1.54) is 19.3 Å². The summed E-state index contributed by atoms with van der Waals surface area (Å²) in [5, 5.41) is 0. The van der Waals surface area contributed by atoms with Crippen LogP contribution in [0, 0.1) is 28.6 Å². The summed E-state index contributed by atoms with van der Waals surface area (Å²) in [7, 11) is 0. The second-order valence-corrected chi connectivity index (χ2v) is 8.45. The van der Waals surface area contributed by atoms with Crippen LogP contribution in [0.3, 0.4) is 0 Å². The normalized spacial score (nSPS) is 14.1. The molecule has 0 heteroatoms. The highest BCUT2D eigenvalue weighted by Gasteiger charge is 2.38. The fraction of sp³-hybridized carbons (Fsp3) is 1.00. The van der Waals surface area contributed by atoms with Crippen LogP contribution < -0.4 is 0 Å². The molecule has 0 radical (unpaired) electrons. The first-order chi connectivity index (χ1) is 7.48. The third-order valence-electron chi connectivity index (χ3n) is 3.74. The molecule has 0 aliphatic rings. The molecule has 0 aliphatic carbocycles. The first-order valence-corrected chi connectivity index (χ1v) is 7.48. The Labute approximate surface area is 111 Å². The molecule has 0 spiro atoms. The Morgan fingerprint density at radius 2 is 1.06 bits per heavy atom. The quantitative estimate of drug-likeness (QED) is 0.522. The molecule has 0 aromatic rings. The summed E-state index contributed by atoms with van der Waals surface area (Å²) >= 11 is 0. The van der Waals surface area contributed by atoms with E-state index in [4.69, 9.17) is 0 Å². The molecule has 0 saturated carbocycles. The van der Waals surface area contributed by atoms with Crippen molar-refractivity contribution in [3.05, 3.63) is 0 Å². The van der Waals surface area contributed by atoms with Crippen LogP contribution in [0.2, 0.25) is 0 Å². The smallest absolute Gasteiger partial charge is 0.0265 e. The van der Waals surface area contributed by atoms with Crippen molar-refractivity contribution in [1.82, 2.24) is 0 Å². The van der Waals surface area contributed by atoms with Gasteiger partial charge in [0.1, 0.15) is 0 Å². The minimum atomic E-state index is 0.439. The molecule has 0 N–H and O–H groups in total. The molecule has 0 amide bonds. The Bertz CT molecular complexity index is 193. The van der Waals surface area contributed by atoms with Crippen molar-refractivity contribution in [2.75, 3.05) is 0 Å². The van der Waals surface area contributed by atoms with E-state index < -0.39 is 0 Å². The SMILES string of the molecule is CC(C)CC(CC(C)C)(CC(C)(C)C)C(C)C. The zero-order valence-electron chi connectivity index (χ0n) is 13.9. The van der Waals surface area contributed by atoms with Gasteiger partial charge in [-0.25, -0.2) is 0 Å². The summed E-state index contributed by atoms with van der Waals surface area (Å²) in [6.45, 7) is 21.5. The van der Waals surface area contributed by atoms with Gasteiger partial charge in [0.15, 0.2) is 0 Å². The molecule has 0 nitrogen and oxygen atoms in total. The molecule has 104 valence electrons. The second kappa shape index (κ2) is 6.25. The molecular formula is C17H36. The van der Waals surface area contributed by atoms with Crippen LogP contribution in [0.4, 0.5) is 0 Å². The van der Waals surface area contributed by atoms with Gasteiger partial charge in [0.25, 0.3) is 0 Å². The van der Waals surface area contributed by atoms with Crippen LogP contribution in [0.25, 0.3) is 0 Å². The summed E-state index contributed by atoms with van der Waals surface area (Å²) < 4.78 is 0. The van der Waals surface area contributed by atoms with Gasteiger partial charge in [-0.1, -0.05) is 62.3 Å². The van der Waals surface area contributed by atoms with E-state index in [0.29, 0.717) is 10.8 Å². The van der Waals surface area contributed by atoms with E-state index in [1.807, 2.05) is 0 Å². The second-order valence-electron chi connectivity index (χ2n) is 8.45. The van der Waals surface area contributed by atoms with Crippen molar-refractivity contribution in [3.8, 4) is 0 Å². The zero-order chi connectivity index (χ0) is 13.9. The van der Waals surface area contributed by atoms with Gasteiger partial charge < -0.3 is 0 Å². The predicted octanol–water partition coefficient (Wildman–Crippen LogP) is 6.16. The maximum absolute atomic E-state index is 2.43. The van der Waals surface area contributed by atoms with Crippen molar-refractivity contribution >= 4 is 0 Å². The molecular weight excluding hydrogens is 204 g/mol. The van der Waals surface area contributed by atoms with Gasteiger partial charge in [0.05, 0.1) is 0 Å². The van der Waals surface area contributed by atoms with E-state index in [1.54, 1.807) is 0 Å². The third kappa shape index (κ3) is 6.48. The van der Waals surface area contributed by atoms with Crippen LogP contribution in [-0.2, 0) is 0 Å². The first kappa shape index (κ1) is 17.0. The van der Waals surface area contributed by atoms with Crippen LogP contribution in [0.1, 0.15) is 81.6 Å². The van der Waals surface area contributed by atoms with E-state index in [2.05, 4.69) is 62.3 Å². The Kier molecular flexibility index (Phi) is 6.25. The average Bonchev–Trinajstić information content (AvgIpc) is 1.96. The standard InChI is InChI=1S/C17H36/c1-13(2)10-17(15(5)6,11-14(3)4)12-16(7,8)9/h13-15H,10-12H2,1-9H3. The van der Waals surface area contributed by atoms with Crippen molar-refractivity contribution in [2.45, 2.75) is 81.6 Å². The maximum atomic E-state index is 2.43. The lowest BCUT2D eigenvalue weighted by molar-refractivity contribution is 0.0560. The van der Waals surface area contributed by atoms with Crippen molar-refractivity contribution in [2.24, 2.45) is 28.6 Å². The molecule has 0 atom stereocenters. The highest BCUT2D eigenvalue weighted by molar-refractivity contribution is 4.88. The Morgan fingerprint density at radius 1 is 0.706 bits per heavy atom. The maximum Gasteiger partial charge on any atom is -0.0265 e. The summed E-state index contributed by atoms with van der Waals surface area (Å²) in [4.78, 5) is 0. The minimum absolute atomic E-state index is 0.439. The van der Waals surface area contributed by atoms with Gasteiger partial charge in [-0.15, -0.1) is 0 Å². The molecule has 0 aromatic heterocycles. The largest absolute Gasteiger partial charge is 0.0628 e. The molecule has 0 aromatic carbocycles. The molecule has 0 bridgehead atoms. The van der Waals surface area contributed by atoms with Gasteiger partial charge in [0.2, 0.25) is 0 Å². The molecule has 0 rings (SSSR count). The predicted molar refractivity (Wildman–Crippen MR) is 80.3 cm³/mol. The third-order valence-corrected chi connectivity index (χ3v) is 3.74. The van der Waals surface area contributed by atoms with Gasteiger partial charge in [-0.3, -0.25) is 0 Å². The zero-order valence-corrected chi connectivity index (χ0v) is 13.9. The lowest BCUT2D eigenvalue weighted by atomic mass is 9.60. The summed E-state index contributed by atoms with van der Waals surface area (Å²) in [5.74, 6) is 2.39. The van der Waals surface area contributed by atoms with Crippen molar-refractivity contribution < 1.29 is 0 Å². The Balaban J connectivity index is 5.09. The summed E-state index contributed by atoms with van der Waals surface area (Å²) in [6.07, 6.45) is 4.11. The first-order valence-electron chi connectivity index (χ1n) is 7.48. The summed E-state index contributed by atoms with van der Waals surface area (Å²) in [5.41, 5.74) is 0.967. The van der Waals surface area contributed by atoms with Crippen molar-refractivity contribution in [1.29, 1.82) is 0 Å². The van der Waals surface area contributed by atoms with E-state index >= 15 is 0 Å². The molecule has 0 aliphatic heterocycles. The Morgan fingerprint density at radius 3 is 1.24 bits per heavy atom. The van der Waals surface area contributed by atoms with Gasteiger partial charge in [-0.2, -0.15) is 0 Å². The number of rotatable bonds is 6. The van der Waals surface area contributed by atoms with Gasteiger partial charge in [0, 0.05) is 0 Å². The lowest BCUT2D eigenvalue weighted by Gasteiger charge is -2.45. The lowest BCUT2D eigenvalue weighted by Crippen LogP contribution is -2.35. The molecule has 17 heavy (non-hydrogen) atoms. The van der Waals surface area contributed by atoms with E-state index in [9.17, 15) is 0 Å². The van der Waals surface area contributed by atoms with Crippen LogP contribution in [0.15, 0.2) is 0 Å². The fourth-order valence-corrected chi connectivity index (χ4v) is 3.59. The van der Waals surface area contributed by atoms with Gasteiger partial charge >= 0.3 is 0 Å². The topological polar surface area (TPSA) is 0 Å². The van der Waals surface area contributed by atoms with Gasteiger partial charge in [-0.05, 0) is 47.8 Å². The molecule has 0 unspecified atom stereocenters. The number of hydrogen-bond donors (Lipinski definition) is 0. The summed E-state index contributed by atoms with van der Waals surface area (Å²) in [6, 6.07) is 0. The fourth-order valence-electron chi connectivity index (χ4n) is 3.59. The van der Waals surface area contributed by atoms with E-state index in [0.717, 1.165) is 17.8 Å².